The van der Waals surface area contributed by atoms with Crippen LogP contribution >= 0.6 is 0 Å². The number of hydrogen-bond donors (Lipinski definition) is 0. The Balaban J connectivity index is 2.56. The third kappa shape index (κ3) is 5.67. The van der Waals surface area contributed by atoms with Gasteiger partial charge < -0.3 is 14.2 Å². The van der Waals surface area contributed by atoms with Gasteiger partial charge in [0, 0.05) is 19.4 Å². The number of aldehydes is 1. The van der Waals surface area contributed by atoms with Gasteiger partial charge in [-0.05, 0) is 24.3 Å². The highest BCUT2D eigenvalue weighted by Crippen LogP contribution is 2.12. The van der Waals surface area contributed by atoms with Crippen molar-refractivity contribution in [3.05, 3.63) is 29.8 Å². The quantitative estimate of drug-likeness (QED) is 0.439. The standard InChI is InChI=1S/C13H14O6/c1-9(15)18-13(19-10(2)16)8-17-12-5-3-11(7-14)4-6-12/h3-7,13H,8H2,1-2H3. The highest BCUT2D eigenvalue weighted by Gasteiger charge is 2.16. The number of carbonyl (C=O) groups is 3. The van der Waals surface area contributed by atoms with E-state index in [2.05, 4.69) is 0 Å². The molecule has 6 nitrogen and oxygen atoms in total. The van der Waals surface area contributed by atoms with E-state index in [1.54, 1.807) is 24.3 Å². The molecule has 0 aromatic heterocycles. The lowest BCUT2D eigenvalue weighted by Gasteiger charge is -2.17. The summed E-state index contributed by atoms with van der Waals surface area (Å²) >= 11 is 0. The first-order valence-corrected chi connectivity index (χ1v) is 5.53. The number of carbonyl (C=O) groups excluding carboxylic acids is 3. The van der Waals surface area contributed by atoms with E-state index in [1.165, 1.54) is 13.8 Å². The van der Waals surface area contributed by atoms with Crippen molar-refractivity contribution in [2.45, 2.75) is 20.1 Å². The minimum atomic E-state index is -1.10. The predicted molar refractivity (Wildman–Crippen MR) is 64.6 cm³/mol. The van der Waals surface area contributed by atoms with Crippen LogP contribution in [0.5, 0.6) is 5.75 Å². The number of rotatable bonds is 6. The van der Waals surface area contributed by atoms with E-state index in [4.69, 9.17) is 14.2 Å². The lowest BCUT2D eigenvalue weighted by Crippen LogP contribution is -2.28. The van der Waals surface area contributed by atoms with Crippen LogP contribution in [0, 0.1) is 0 Å². The molecule has 0 saturated heterocycles. The average molecular weight is 266 g/mol. The minimum Gasteiger partial charge on any atom is -0.486 e. The van der Waals surface area contributed by atoms with Gasteiger partial charge in [-0.3, -0.25) is 14.4 Å². The zero-order valence-electron chi connectivity index (χ0n) is 10.6. The fourth-order valence-corrected chi connectivity index (χ4v) is 1.27. The smallest absolute Gasteiger partial charge is 0.305 e. The van der Waals surface area contributed by atoms with Crippen LogP contribution in [0.25, 0.3) is 0 Å². The monoisotopic (exact) mass is 266 g/mol. The van der Waals surface area contributed by atoms with E-state index in [0.717, 1.165) is 0 Å². The molecule has 0 saturated carbocycles. The summed E-state index contributed by atoms with van der Waals surface area (Å²) in [4.78, 5) is 32.1. The van der Waals surface area contributed by atoms with E-state index in [0.29, 0.717) is 17.6 Å². The Morgan fingerprint density at radius 2 is 1.63 bits per heavy atom. The Kier molecular flexibility index (Phi) is 5.53. The first-order valence-electron chi connectivity index (χ1n) is 5.53. The van der Waals surface area contributed by atoms with Gasteiger partial charge in [-0.15, -0.1) is 0 Å². The zero-order valence-corrected chi connectivity index (χ0v) is 10.6. The molecule has 1 rings (SSSR count). The van der Waals surface area contributed by atoms with Crippen molar-refractivity contribution in [1.82, 2.24) is 0 Å². The highest BCUT2D eigenvalue weighted by molar-refractivity contribution is 5.74. The molecular formula is C13H14O6. The summed E-state index contributed by atoms with van der Waals surface area (Å²) in [5, 5.41) is 0. The van der Waals surface area contributed by atoms with Crippen molar-refractivity contribution in [3.8, 4) is 5.75 Å². The fourth-order valence-electron chi connectivity index (χ4n) is 1.27. The first kappa shape index (κ1) is 14.7. The molecule has 0 atom stereocenters. The van der Waals surface area contributed by atoms with E-state index in [9.17, 15) is 14.4 Å². The molecule has 1 aromatic carbocycles. The maximum absolute atomic E-state index is 10.8. The largest absolute Gasteiger partial charge is 0.486 e. The van der Waals surface area contributed by atoms with Crippen molar-refractivity contribution in [2.75, 3.05) is 6.61 Å². The van der Waals surface area contributed by atoms with Gasteiger partial charge in [-0.25, -0.2) is 0 Å². The molecule has 0 aliphatic rings. The summed E-state index contributed by atoms with van der Waals surface area (Å²) < 4.78 is 14.8. The van der Waals surface area contributed by atoms with Crippen molar-refractivity contribution >= 4 is 18.2 Å². The highest BCUT2D eigenvalue weighted by atomic mass is 16.7. The molecule has 1 aromatic rings. The van der Waals surface area contributed by atoms with Gasteiger partial charge in [0.1, 0.15) is 12.0 Å². The van der Waals surface area contributed by atoms with Crippen LogP contribution in [-0.4, -0.2) is 31.1 Å². The summed E-state index contributed by atoms with van der Waals surface area (Å²) in [6.45, 7) is 2.28. The Labute approximate surface area is 110 Å². The number of hydrogen-bond acceptors (Lipinski definition) is 6. The predicted octanol–water partition coefficient (Wildman–Crippen LogP) is 1.33. The summed E-state index contributed by atoms with van der Waals surface area (Å²) in [7, 11) is 0. The Bertz CT molecular complexity index is 435. The SMILES string of the molecule is CC(=O)OC(COc1ccc(C=O)cc1)OC(C)=O. The second kappa shape index (κ2) is 7.15. The van der Waals surface area contributed by atoms with E-state index in [-0.39, 0.29) is 6.61 Å². The van der Waals surface area contributed by atoms with Gasteiger partial charge in [0.2, 0.25) is 0 Å². The van der Waals surface area contributed by atoms with E-state index >= 15 is 0 Å². The fraction of sp³-hybridized carbons (Fsp3) is 0.308. The molecule has 0 N–H and O–H groups in total. The van der Waals surface area contributed by atoms with Crippen molar-refractivity contribution < 1.29 is 28.6 Å². The minimum absolute atomic E-state index is 0.125. The van der Waals surface area contributed by atoms with Crippen LogP contribution in [0.3, 0.4) is 0 Å². The van der Waals surface area contributed by atoms with Gasteiger partial charge in [0.15, 0.2) is 6.61 Å². The van der Waals surface area contributed by atoms with Crippen molar-refractivity contribution in [1.29, 1.82) is 0 Å². The normalized spacial score (nSPS) is 9.84. The second-order valence-electron chi connectivity index (χ2n) is 3.65. The summed E-state index contributed by atoms with van der Waals surface area (Å²) in [6, 6.07) is 6.33. The van der Waals surface area contributed by atoms with Crippen LogP contribution in [0.4, 0.5) is 0 Å². The molecule has 0 fully saturated rings. The van der Waals surface area contributed by atoms with Crippen LogP contribution in [0.2, 0.25) is 0 Å². The van der Waals surface area contributed by atoms with Gasteiger partial charge in [-0.2, -0.15) is 0 Å². The molecule has 102 valence electrons. The van der Waals surface area contributed by atoms with Gasteiger partial charge >= 0.3 is 11.9 Å². The molecule has 0 heterocycles. The van der Waals surface area contributed by atoms with Crippen molar-refractivity contribution in [3.63, 3.8) is 0 Å². The van der Waals surface area contributed by atoms with Crippen LogP contribution in [-0.2, 0) is 19.1 Å². The topological polar surface area (TPSA) is 78.9 Å². The summed E-state index contributed by atoms with van der Waals surface area (Å²) in [5.74, 6) is -0.688. The first-order chi connectivity index (χ1) is 9.01. The van der Waals surface area contributed by atoms with Crippen LogP contribution in [0.1, 0.15) is 24.2 Å². The molecule has 0 spiro atoms. The van der Waals surface area contributed by atoms with Gasteiger partial charge in [0.25, 0.3) is 6.29 Å². The van der Waals surface area contributed by atoms with E-state index < -0.39 is 18.2 Å². The third-order valence-corrected chi connectivity index (χ3v) is 2.00. The Morgan fingerprint density at radius 1 is 1.11 bits per heavy atom. The Morgan fingerprint density at radius 3 is 2.05 bits per heavy atom. The molecule has 0 aliphatic heterocycles. The van der Waals surface area contributed by atoms with Crippen LogP contribution in [0.15, 0.2) is 24.3 Å². The Hall–Kier alpha value is -2.37. The lowest BCUT2D eigenvalue weighted by molar-refractivity contribution is -0.189. The summed E-state index contributed by atoms with van der Waals surface area (Å²) in [5.41, 5.74) is 0.517. The molecule has 0 radical (unpaired) electrons. The second-order valence-corrected chi connectivity index (χ2v) is 3.65. The molecular weight excluding hydrogens is 252 g/mol. The molecule has 0 amide bonds. The molecule has 6 heteroatoms. The van der Waals surface area contributed by atoms with Crippen molar-refractivity contribution in [2.24, 2.45) is 0 Å². The molecule has 19 heavy (non-hydrogen) atoms. The number of benzene rings is 1. The van der Waals surface area contributed by atoms with Gasteiger partial charge in [-0.1, -0.05) is 0 Å². The average Bonchev–Trinajstić information content (AvgIpc) is 2.35. The number of ether oxygens (including phenoxy) is 3. The number of esters is 2. The molecule has 0 aliphatic carbocycles. The van der Waals surface area contributed by atoms with E-state index in [1.807, 2.05) is 0 Å². The lowest BCUT2D eigenvalue weighted by atomic mass is 10.2. The maximum Gasteiger partial charge on any atom is 0.305 e. The zero-order chi connectivity index (χ0) is 14.3. The molecule has 0 bridgehead atoms. The third-order valence-electron chi connectivity index (χ3n) is 2.00. The van der Waals surface area contributed by atoms with Crippen LogP contribution < -0.4 is 4.74 Å². The maximum atomic E-state index is 10.8. The van der Waals surface area contributed by atoms with Gasteiger partial charge in [0.05, 0.1) is 0 Å². The molecule has 0 unspecified atom stereocenters. The summed E-state index contributed by atoms with van der Waals surface area (Å²) in [6.07, 6.45) is -0.384.